The topological polar surface area (TPSA) is 94.6 Å². The normalized spacial score (nSPS) is 19.8. The summed E-state index contributed by atoms with van der Waals surface area (Å²) in [5, 5.41) is 5.68. The fourth-order valence-corrected chi connectivity index (χ4v) is 7.61. The van der Waals surface area contributed by atoms with Crippen LogP contribution >= 0.6 is 0 Å². The Hall–Kier alpha value is -3.53. The molecule has 3 heterocycles. The summed E-state index contributed by atoms with van der Waals surface area (Å²) in [4.78, 5) is 17.1. The molecule has 2 aromatic carbocycles. The summed E-state index contributed by atoms with van der Waals surface area (Å²) in [6.07, 6.45) is 1.33. The number of carbonyl (C=O) groups excluding carboxylic acids is 1. The van der Waals surface area contributed by atoms with Crippen LogP contribution in [0.3, 0.4) is 0 Å². The number of aromatic nitrogens is 1. The Bertz CT molecular complexity index is 1620. The van der Waals surface area contributed by atoms with E-state index in [9.17, 15) is 35.2 Å². The standard InChI is InChI=1S/C30H31F6N5O3S/c31-21-3-1-19(2-4-21)26(20-11-22(32)13-23(33)12-20)14-29(42)39-28-17-38-16-27(34)25(28)6-5-24-15-37-8-10-41(24)45(43,44)40-9-7-30(35,36)18-40/h1-4,11-13,16-17,24,26,37H,5-10,14-15,18H2,(H,39,42)/t24-,26-/m0/s1. The Kier molecular flexibility index (Phi) is 9.82. The predicted octanol–water partition coefficient (Wildman–Crippen LogP) is 4.59. The summed E-state index contributed by atoms with van der Waals surface area (Å²) in [6.45, 7) is -0.635. The molecular formula is C30H31F6N5O3S. The van der Waals surface area contributed by atoms with Crippen LogP contribution in [0.15, 0.2) is 54.9 Å². The molecule has 0 bridgehead atoms. The lowest BCUT2D eigenvalue weighted by Gasteiger charge is -2.37. The van der Waals surface area contributed by atoms with Gasteiger partial charge in [0.1, 0.15) is 23.3 Å². The number of hydrogen-bond donors (Lipinski definition) is 2. The van der Waals surface area contributed by atoms with E-state index in [-0.39, 0.29) is 55.7 Å². The molecule has 45 heavy (non-hydrogen) atoms. The fraction of sp³-hybridized carbons (Fsp3) is 0.400. The maximum atomic E-state index is 15.1. The third-order valence-corrected chi connectivity index (χ3v) is 10.0. The van der Waals surface area contributed by atoms with Crippen molar-refractivity contribution in [1.29, 1.82) is 0 Å². The molecule has 3 aromatic rings. The van der Waals surface area contributed by atoms with E-state index in [2.05, 4.69) is 15.6 Å². The van der Waals surface area contributed by atoms with Gasteiger partial charge in [0.2, 0.25) is 5.91 Å². The van der Waals surface area contributed by atoms with E-state index in [0.29, 0.717) is 18.2 Å². The molecule has 8 nitrogen and oxygen atoms in total. The minimum atomic E-state index is -4.21. The molecule has 0 unspecified atom stereocenters. The van der Waals surface area contributed by atoms with E-state index >= 15 is 4.39 Å². The quantitative estimate of drug-likeness (QED) is 0.312. The van der Waals surface area contributed by atoms with Crippen LogP contribution in [0, 0.1) is 23.3 Å². The molecule has 2 saturated heterocycles. The zero-order chi connectivity index (χ0) is 32.4. The number of nitrogens with zero attached hydrogens (tertiary/aromatic N) is 3. The molecule has 242 valence electrons. The molecule has 5 rings (SSSR count). The minimum absolute atomic E-state index is 0.0145. The SMILES string of the molecule is O=C(C[C@@H](c1ccc(F)cc1)c1cc(F)cc(F)c1)Nc1cncc(F)c1CC[C@H]1CNCCN1S(=O)(=O)N1CCC(F)(F)C1. The summed E-state index contributed by atoms with van der Waals surface area (Å²) in [7, 11) is -4.21. The zero-order valence-electron chi connectivity index (χ0n) is 24.0. The highest BCUT2D eigenvalue weighted by Crippen LogP contribution is 2.33. The van der Waals surface area contributed by atoms with Crippen LogP contribution in [0.2, 0.25) is 0 Å². The van der Waals surface area contributed by atoms with Crippen LogP contribution in [0.5, 0.6) is 0 Å². The monoisotopic (exact) mass is 655 g/mol. The number of pyridine rings is 1. The first kappa shape index (κ1) is 32.9. The van der Waals surface area contributed by atoms with Gasteiger partial charge in [-0.25, -0.2) is 26.3 Å². The summed E-state index contributed by atoms with van der Waals surface area (Å²) in [6, 6.07) is 7.25. The van der Waals surface area contributed by atoms with Crippen molar-refractivity contribution >= 4 is 21.8 Å². The molecule has 0 saturated carbocycles. The molecule has 2 fully saturated rings. The van der Waals surface area contributed by atoms with Gasteiger partial charge in [-0.2, -0.15) is 17.0 Å². The second kappa shape index (κ2) is 13.4. The van der Waals surface area contributed by atoms with Crippen LogP contribution in [-0.2, 0) is 21.4 Å². The number of piperazine rings is 1. The third-order valence-electron chi connectivity index (χ3n) is 8.01. The first-order valence-electron chi connectivity index (χ1n) is 14.3. The predicted molar refractivity (Wildman–Crippen MR) is 154 cm³/mol. The smallest absolute Gasteiger partial charge is 0.282 e. The molecule has 2 aliphatic heterocycles. The van der Waals surface area contributed by atoms with E-state index in [1.165, 1.54) is 18.3 Å². The number of rotatable bonds is 10. The number of amides is 1. The van der Waals surface area contributed by atoms with Crippen molar-refractivity contribution in [3.8, 4) is 0 Å². The first-order chi connectivity index (χ1) is 21.3. The lowest BCUT2D eigenvalue weighted by molar-refractivity contribution is -0.116. The maximum Gasteiger partial charge on any atom is 0.282 e. The highest BCUT2D eigenvalue weighted by Gasteiger charge is 2.46. The number of halogens is 6. The number of anilines is 1. The largest absolute Gasteiger partial charge is 0.324 e. The molecule has 0 spiro atoms. The van der Waals surface area contributed by atoms with Crippen LogP contribution in [0.1, 0.15) is 41.9 Å². The molecular weight excluding hydrogens is 624 g/mol. The third kappa shape index (κ3) is 7.83. The number of alkyl halides is 2. The van der Waals surface area contributed by atoms with E-state index in [1.54, 1.807) is 0 Å². The van der Waals surface area contributed by atoms with Crippen LogP contribution in [0.25, 0.3) is 0 Å². The van der Waals surface area contributed by atoms with E-state index in [4.69, 9.17) is 0 Å². The van der Waals surface area contributed by atoms with E-state index in [1.807, 2.05) is 0 Å². The lowest BCUT2D eigenvalue weighted by Crippen LogP contribution is -2.57. The zero-order valence-corrected chi connectivity index (χ0v) is 24.8. The average molecular weight is 656 g/mol. The number of nitrogens with one attached hydrogen (secondary N) is 2. The van der Waals surface area contributed by atoms with Gasteiger partial charge in [-0.1, -0.05) is 12.1 Å². The molecule has 2 N–H and O–H groups in total. The highest BCUT2D eigenvalue weighted by molar-refractivity contribution is 7.86. The van der Waals surface area contributed by atoms with Gasteiger partial charge in [-0.15, -0.1) is 0 Å². The Labute approximate surface area is 256 Å². The van der Waals surface area contributed by atoms with Crippen molar-refractivity contribution in [3.63, 3.8) is 0 Å². The van der Waals surface area contributed by atoms with Gasteiger partial charge in [-0.3, -0.25) is 9.78 Å². The Morgan fingerprint density at radius 3 is 2.38 bits per heavy atom. The maximum absolute atomic E-state index is 15.1. The van der Waals surface area contributed by atoms with E-state index < -0.39 is 70.2 Å². The van der Waals surface area contributed by atoms with Crippen LogP contribution in [0.4, 0.5) is 32.0 Å². The second-order valence-corrected chi connectivity index (χ2v) is 13.0. The van der Waals surface area contributed by atoms with Crippen molar-refractivity contribution in [3.05, 3.63) is 94.8 Å². The lowest BCUT2D eigenvalue weighted by atomic mass is 9.88. The van der Waals surface area contributed by atoms with Gasteiger partial charge in [0.25, 0.3) is 16.1 Å². The van der Waals surface area contributed by atoms with Gasteiger partial charge in [0.15, 0.2) is 0 Å². The van der Waals surface area contributed by atoms with Crippen molar-refractivity contribution in [2.45, 2.75) is 43.6 Å². The van der Waals surface area contributed by atoms with Crippen molar-refractivity contribution in [2.75, 3.05) is 38.0 Å². The second-order valence-electron chi connectivity index (χ2n) is 11.2. The Morgan fingerprint density at radius 2 is 1.71 bits per heavy atom. The molecule has 0 aliphatic carbocycles. The summed E-state index contributed by atoms with van der Waals surface area (Å²) < 4.78 is 113. The number of benzene rings is 2. The molecule has 1 aromatic heterocycles. The van der Waals surface area contributed by atoms with Crippen LogP contribution in [-0.4, -0.2) is 72.6 Å². The number of hydrogen-bond acceptors (Lipinski definition) is 5. The van der Waals surface area contributed by atoms with Crippen molar-refractivity contribution < 1.29 is 39.6 Å². The molecule has 15 heteroatoms. The first-order valence-corrected chi connectivity index (χ1v) is 15.7. The molecule has 1 amide bonds. The van der Waals surface area contributed by atoms with Gasteiger partial charge in [0, 0.05) is 62.6 Å². The fourth-order valence-electron chi connectivity index (χ4n) is 5.76. The van der Waals surface area contributed by atoms with Gasteiger partial charge in [0.05, 0.1) is 24.6 Å². The molecule has 0 radical (unpaired) electrons. The summed E-state index contributed by atoms with van der Waals surface area (Å²) in [5.74, 6) is -7.66. The van der Waals surface area contributed by atoms with Crippen molar-refractivity contribution in [1.82, 2.24) is 18.9 Å². The number of carbonyl (C=O) groups is 1. The van der Waals surface area contributed by atoms with Crippen LogP contribution < -0.4 is 10.6 Å². The Balaban J connectivity index is 1.33. The van der Waals surface area contributed by atoms with Gasteiger partial charge >= 0.3 is 0 Å². The van der Waals surface area contributed by atoms with Gasteiger partial charge < -0.3 is 10.6 Å². The average Bonchev–Trinajstić information content (AvgIpc) is 3.36. The highest BCUT2D eigenvalue weighted by atomic mass is 32.2. The molecule has 2 aliphatic rings. The van der Waals surface area contributed by atoms with E-state index in [0.717, 1.165) is 39.1 Å². The van der Waals surface area contributed by atoms with Crippen molar-refractivity contribution in [2.24, 2.45) is 0 Å². The molecule has 2 atom stereocenters. The summed E-state index contributed by atoms with van der Waals surface area (Å²) in [5.41, 5.74) is 0.606. The minimum Gasteiger partial charge on any atom is -0.324 e. The summed E-state index contributed by atoms with van der Waals surface area (Å²) >= 11 is 0. The van der Waals surface area contributed by atoms with Gasteiger partial charge in [-0.05, 0) is 48.2 Å². The Morgan fingerprint density at radius 1 is 1.00 bits per heavy atom.